The molecule has 2 aromatic rings. The van der Waals surface area contributed by atoms with Crippen molar-refractivity contribution < 1.29 is 18.0 Å². The zero-order valence-corrected chi connectivity index (χ0v) is 16.1. The van der Waals surface area contributed by atoms with Crippen molar-refractivity contribution in [3.8, 4) is 0 Å². The Balaban J connectivity index is 1.59. The van der Waals surface area contributed by atoms with E-state index in [-0.39, 0.29) is 17.6 Å². The molecule has 152 valence electrons. The zero-order valence-electron chi connectivity index (χ0n) is 16.1. The van der Waals surface area contributed by atoms with Crippen LogP contribution in [0.1, 0.15) is 34.8 Å². The lowest BCUT2D eigenvalue weighted by Crippen LogP contribution is -2.40. The minimum absolute atomic E-state index is 0.104. The number of carbonyl (C=O) groups is 1. The third-order valence-corrected chi connectivity index (χ3v) is 4.86. The number of piperidine rings is 1. The predicted molar refractivity (Wildman–Crippen MR) is 96.9 cm³/mol. The first kappa shape index (κ1) is 20.1. The second kappa shape index (κ2) is 7.76. The maximum atomic E-state index is 13.0. The van der Waals surface area contributed by atoms with Gasteiger partial charge in [-0.3, -0.25) is 4.79 Å². The van der Waals surface area contributed by atoms with Crippen LogP contribution in [-0.2, 0) is 13.2 Å². The van der Waals surface area contributed by atoms with Gasteiger partial charge in [-0.15, -0.1) is 0 Å². The van der Waals surface area contributed by atoms with Crippen molar-refractivity contribution in [1.29, 1.82) is 0 Å². The Morgan fingerprint density at radius 3 is 2.54 bits per heavy atom. The monoisotopic (exact) mass is 396 g/mol. The van der Waals surface area contributed by atoms with Crippen LogP contribution in [0.15, 0.2) is 18.6 Å². The molecule has 0 bridgehead atoms. The number of rotatable bonds is 4. The third-order valence-electron chi connectivity index (χ3n) is 4.86. The molecule has 1 amide bonds. The molecular weight excluding hydrogens is 373 g/mol. The van der Waals surface area contributed by atoms with Crippen molar-refractivity contribution in [2.45, 2.75) is 25.9 Å². The number of nitrogens with zero attached hydrogens (tertiary/aromatic N) is 6. The Kier molecular flexibility index (Phi) is 5.57. The van der Waals surface area contributed by atoms with Crippen LogP contribution in [-0.4, -0.2) is 57.0 Å². The van der Waals surface area contributed by atoms with Crippen molar-refractivity contribution in [2.24, 2.45) is 13.0 Å². The molecule has 0 saturated carbocycles. The summed E-state index contributed by atoms with van der Waals surface area (Å²) < 4.78 is 40.7. The predicted octanol–water partition coefficient (Wildman–Crippen LogP) is 2.53. The summed E-state index contributed by atoms with van der Waals surface area (Å²) >= 11 is 0. The average molecular weight is 396 g/mol. The number of hydrogen-bond donors (Lipinski definition) is 0. The molecule has 1 aliphatic rings. The Labute approximate surface area is 161 Å². The Bertz CT molecular complexity index is 842. The van der Waals surface area contributed by atoms with Gasteiger partial charge in [0.2, 0.25) is 0 Å². The number of amides is 1. The minimum atomic E-state index is -4.49. The van der Waals surface area contributed by atoms with E-state index in [0.717, 1.165) is 18.9 Å². The van der Waals surface area contributed by atoms with E-state index >= 15 is 0 Å². The highest BCUT2D eigenvalue weighted by molar-refractivity contribution is 5.91. The molecule has 2 aromatic heterocycles. The molecule has 28 heavy (non-hydrogen) atoms. The van der Waals surface area contributed by atoms with Gasteiger partial charge in [0, 0.05) is 46.0 Å². The fourth-order valence-electron chi connectivity index (χ4n) is 3.39. The molecule has 0 aliphatic carbocycles. The summed E-state index contributed by atoms with van der Waals surface area (Å²) in [6, 6.07) is 1.00. The number of hydrogen-bond acceptors (Lipinski definition) is 5. The fourth-order valence-corrected chi connectivity index (χ4v) is 3.39. The molecule has 3 heterocycles. The van der Waals surface area contributed by atoms with Gasteiger partial charge in [-0.05, 0) is 25.7 Å². The highest BCUT2D eigenvalue weighted by atomic mass is 19.4. The maximum Gasteiger partial charge on any atom is 0.433 e. The number of carbonyl (C=O) groups excluding carboxylic acids is 1. The standard InChI is InChI=1S/C18H23F3N6O/c1-12-23-15(18(19,20)21)8-16(24-12)27-6-4-13(5-7-27)9-26(3)17(28)14-10-25(2)11-22-14/h8,10-11,13H,4-7,9H2,1-3H3. The Hall–Kier alpha value is -2.65. The van der Waals surface area contributed by atoms with Crippen LogP contribution in [0.25, 0.3) is 0 Å². The van der Waals surface area contributed by atoms with Gasteiger partial charge in [0.05, 0.1) is 6.33 Å². The number of anilines is 1. The van der Waals surface area contributed by atoms with E-state index in [1.165, 1.54) is 6.92 Å². The summed E-state index contributed by atoms with van der Waals surface area (Å²) in [5, 5.41) is 0. The van der Waals surface area contributed by atoms with E-state index < -0.39 is 11.9 Å². The first-order chi connectivity index (χ1) is 13.1. The van der Waals surface area contributed by atoms with E-state index in [2.05, 4.69) is 15.0 Å². The first-order valence-corrected chi connectivity index (χ1v) is 9.04. The molecule has 0 atom stereocenters. The van der Waals surface area contributed by atoms with Crippen molar-refractivity contribution in [2.75, 3.05) is 31.6 Å². The first-order valence-electron chi connectivity index (χ1n) is 9.04. The van der Waals surface area contributed by atoms with Crippen molar-refractivity contribution >= 4 is 11.7 Å². The second-order valence-electron chi connectivity index (χ2n) is 7.20. The molecule has 0 aromatic carbocycles. The van der Waals surface area contributed by atoms with Gasteiger partial charge in [-0.2, -0.15) is 13.2 Å². The van der Waals surface area contributed by atoms with Crippen LogP contribution in [0.2, 0.25) is 0 Å². The molecule has 10 heteroatoms. The lowest BCUT2D eigenvalue weighted by molar-refractivity contribution is -0.141. The second-order valence-corrected chi connectivity index (χ2v) is 7.20. The van der Waals surface area contributed by atoms with Crippen LogP contribution in [0.3, 0.4) is 0 Å². The highest BCUT2D eigenvalue weighted by Gasteiger charge is 2.34. The summed E-state index contributed by atoms with van der Waals surface area (Å²) in [4.78, 5) is 27.6. The van der Waals surface area contributed by atoms with Crippen LogP contribution in [0.4, 0.5) is 19.0 Å². The summed E-state index contributed by atoms with van der Waals surface area (Å²) in [6.07, 6.45) is 0.305. The van der Waals surface area contributed by atoms with Gasteiger partial charge >= 0.3 is 6.18 Å². The Morgan fingerprint density at radius 1 is 1.29 bits per heavy atom. The smallest absolute Gasteiger partial charge is 0.356 e. The van der Waals surface area contributed by atoms with Gasteiger partial charge in [-0.1, -0.05) is 0 Å². The molecule has 3 rings (SSSR count). The van der Waals surface area contributed by atoms with E-state index in [1.54, 1.807) is 36.1 Å². The molecule has 1 aliphatic heterocycles. The Morgan fingerprint density at radius 2 is 1.96 bits per heavy atom. The normalized spacial score (nSPS) is 15.7. The SMILES string of the molecule is Cc1nc(N2CCC(CN(C)C(=O)c3cn(C)cn3)CC2)cc(C(F)(F)F)n1. The topological polar surface area (TPSA) is 67.2 Å². The number of aryl methyl sites for hydroxylation is 2. The van der Waals surface area contributed by atoms with Crippen LogP contribution in [0, 0.1) is 12.8 Å². The molecule has 0 N–H and O–H groups in total. The average Bonchev–Trinajstić information content (AvgIpc) is 3.06. The lowest BCUT2D eigenvalue weighted by Gasteiger charge is -2.34. The molecule has 1 saturated heterocycles. The summed E-state index contributed by atoms with van der Waals surface area (Å²) in [7, 11) is 3.55. The van der Waals surface area contributed by atoms with E-state index in [4.69, 9.17) is 0 Å². The molecule has 0 spiro atoms. The van der Waals surface area contributed by atoms with Crippen molar-refractivity contribution in [1.82, 2.24) is 24.4 Å². The third kappa shape index (κ3) is 4.60. The largest absolute Gasteiger partial charge is 0.433 e. The quantitative estimate of drug-likeness (QED) is 0.795. The summed E-state index contributed by atoms with van der Waals surface area (Å²) in [6.45, 7) is 3.22. The molecule has 0 radical (unpaired) electrons. The van der Waals surface area contributed by atoms with Crippen LogP contribution >= 0.6 is 0 Å². The highest BCUT2D eigenvalue weighted by Crippen LogP contribution is 2.31. The molecular formula is C18H23F3N6O. The van der Waals surface area contributed by atoms with Crippen molar-refractivity contribution in [3.63, 3.8) is 0 Å². The van der Waals surface area contributed by atoms with Crippen LogP contribution < -0.4 is 4.90 Å². The van der Waals surface area contributed by atoms with Crippen LogP contribution in [0.5, 0.6) is 0 Å². The van der Waals surface area contributed by atoms with E-state index in [1.807, 2.05) is 4.90 Å². The fraction of sp³-hybridized carbons (Fsp3) is 0.556. The van der Waals surface area contributed by atoms with Gasteiger partial charge in [-0.25, -0.2) is 15.0 Å². The number of aromatic nitrogens is 4. The molecule has 1 fully saturated rings. The number of alkyl halides is 3. The summed E-state index contributed by atoms with van der Waals surface area (Å²) in [5.41, 5.74) is -0.517. The van der Waals surface area contributed by atoms with Gasteiger partial charge in [0.1, 0.15) is 23.0 Å². The van der Waals surface area contributed by atoms with E-state index in [0.29, 0.717) is 31.1 Å². The minimum Gasteiger partial charge on any atom is -0.356 e. The molecule has 7 nitrogen and oxygen atoms in total. The van der Waals surface area contributed by atoms with Gasteiger partial charge in [0.25, 0.3) is 5.91 Å². The molecule has 0 unspecified atom stereocenters. The summed E-state index contributed by atoms with van der Waals surface area (Å²) in [5.74, 6) is 0.548. The zero-order chi connectivity index (χ0) is 20.5. The maximum absolute atomic E-state index is 13.0. The van der Waals surface area contributed by atoms with E-state index in [9.17, 15) is 18.0 Å². The lowest BCUT2D eigenvalue weighted by atomic mass is 9.96. The van der Waals surface area contributed by atoms with Crippen molar-refractivity contribution in [3.05, 3.63) is 35.8 Å². The van der Waals surface area contributed by atoms with Gasteiger partial charge in [0.15, 0.2) is 0 Å². The number of halogens is 3. The van der Waals surface area contributed by atoms with Gasteiger partial charge < -0.3 is 14.4 Å². The number of imidazole rings is 1.